The highest BCUT2D eigenvalue weighted by atomic mass is 19.3. The molecule has 0 fully saturated rings. The molecule has 4 nitrogen and oxygen atoms in total. The first-order valence-electron chi connectivity index (χ1n) is 6.52. The Morgan fingerprint density at radius 2 is 2.00 bits per heavy atom. The lowest BCUT2D eigenvalue weighted by Crippen LogP contribution is -2.32. The molecule has 0 aromatic heterocycles. The van der Waals surface area contributed by atoms with Gasteiger partial charge in [0.05, 0.1) is 0 Å². The molecular formula is C14H20F2N2O2. The minimum atomic E-state index is -2.84. The van der Waals surface area contributed by atoms with Crippen LogP contribution < -0.4 is 15.4 Å². The quantitative estimate of drug-likeness (QED) is 0.721. The molecule has 20 heavy (non-hydrogen) atoms. The predicted octanol–water partition coefficient (Wildman–Crippen LogP) is 2.29. The summed E-state index contributed by atoms with van der Waals surface area (Å²) >= 11 is 0. The molecule has 112 valence electrons. The Bertz CT molecular complexity index is 425. The first kappa shape index (κ1) is 16.4. The standard InChI is InChI=1S/C14H20F2N2O2/c1-10(2)18-13(19)7-8-17-9-11-5-3-4-6-12(11)20-14(15)16/h3-6,10,14,17H,7-9H2,1-2H3,(H,18,19). The van der Waals surface area contributed by atoms with Crippen LogP contribution in [0.25, 0.3) is 0 Å². The van der Waals surface area contributed by atoms with Crippen molar-refractivity contribution in [2.24, 2.45) is 0 Å². The van der Waals surface area contributed by atoms with Crippen molar-refractivity contribution in [3.63, 3.8) is 0 Å². The van der Waals surface area contributed by atoms with Crippen molar-refractivity contribution in [1.82, 2.24) is 10.6 Å². The number of alkyl halides is 2. The van der Waals surface area contributed by atoms with Crippen LogP contribution in [0.3, 0.4) is 0 Å². The third-order valence-corrected chi connectivity index (χ3v) is 2.48. The normalized spacial score (nSPS) is 10.9. The second kappa shape index (κ2) is 8.47. The van der Waals surface area contributed by atoms with Crippen molar-refractivity contribution < 1.29 is 18.3 Å². The number of nitrogens with one attached hydrogen (secondary N) is 2. The lowest BCUT2D eigenvalue weighted by atomic mass is 10.2. The highest BCUT2D eigenvalue weighted by Crippen LogP contribution is 2.19. The fourth-order valence-corrected chi connectivity index (χ4v) is 1.68. The lowest BCUT2D eigenvalue weighted by molar-refractivity contribution is -0.121. The molecular weight excluding hydrogens is 266 g/mol. The maximum atomic E-state index is 12.2. The molecule has 0 spiro atoms. The number of rotatable bonds is 8. The van der Waals surface area contributed by atoms with E-state index in [2.05, 4.69) is 15.4 Å². The molecule has 1 rings (SSSR count). The number of hydrogen-bond acceptors (Lipinski definition) is 3. The van der Waals surface area contributed by atoms with Gasteiger partial charge < -0.3 is 15.4 Å². The molecule has 0 unspecified atom stereocenters. The number of benzene rings is 1. The van der Waals surface area contributed by atoms with Gasteiger partial charge in [0, 0.05) is 31.1 Å². The van der Waals surface area contributed by atoms with E-state index in [1.165, 1.54) is 6.07 Å². The summed E-state index contributed by atoms with van der Waals surface area (Å²) in [6, 6.07) is 6.70. The maximum Gasteiger partial charge on any atom is 0.387 e. The molecule has 0 atom stereocenters. The number of ether oxygens (including phenoxy) is 1. The summed E-state index contributed by atoms with van der Waals surface area (Å²) in [7, 11) is 0. The maximum absolute atomic E-state index is 12.2. The van der Waals surface area contributed by atoms with Gasteiger partial charge in [0.15, 0.2) is 0 Å². The van der Waals surface area contributed by atoms with Crippen molar-refractivity contribution in [3.8, 4) is 5.75 Å². The van der Waals surface area contributed by atoms with E-state index >= 15 is 0 Å². The summed E-state index contributed by atoms with van der Waals surface area (Å²) in [5.41, 5.74) is 0.636. The topological polar surface area (TPSA) is 50.4 Å². The van der Waals surface area contributed by atoms with Crippen LogP contribution in [0.5, 0.6) is 5.75 Å². The van der Waals surface area contributed by atoms with Crippen LogP contribution in [0.1, 0.15) is 25.8 Å². The molecule has 2 N–H and O–H groups in total. The number of halogens is 2. The summed E-state index contributed by atoms with van der Waals surface area (Å²) in [5.74, 6) is 0.117. The largest absolute Gasteiger partial charge is 0.434 e. The molecule has 1 aromatic carbocycles. The summed E-state index contributed by atoms with van der Waals surface area (Å²) in [4.78, 5) is 11.4. The predicted molar refractivity (Wildman–Crippen MR) is 72.7 cm³/mol. The number of carbonyl (C=O) groups excluding carboxylic acids is 1. The monoisotopic (exact) mass is 286 g/mol. The van der Waals surface area contributed by atoms with Gasteiger partial charge in [-0.2, -0.15) is 8.78 Å². The van der Waals surface area contributed by atoms with Crippen LogP contribution in [-0.4, -0.2) is 25.1 Å². The molecule has 0 radical (unpaired) electrons. The molecule has 1 amide bonds. The highest BCUT2D eigenvalue weighted by Gasteiger charge is 2.09. The van der Waals surface area contributed by atoms with E-state index in [1.54, 1.807) is 18.2 Å². The first-order chi connectivity index (χ1) is 9.49. The van der Waals surface area contributed by atoms with Crippen LogP contribution in [0.15, 0.2) is 24.3 Å². The average Bonchev–Trinajstić information content (AvgIpc) is 2.35. The summed E-state index contributed by atoms with van der Waals surface area (Å²) in [6.45, 7) is 1.79. The second-order valence-corrected chi connectivity index (χ2v) is 4.64. The molecule has 0 aliphatic rings. The van der Waals surface area contributed by atoms with E-state index in [0.717, 1.165) is 0 Å². The zero-order chi connectivity index (χ0) is 15.0. The van der Waals surface area contributed by atoms with Crippen LogP contribution in [0.4, 0.5) is 8.78 Å². The van der Waals surface area contributed by atoms with Gasteiger partial charge in [-0.15, -0.1) is 0 Å². The van der Waals surface area contributed by atoms with Crippen LogP contribution >= 0.6 is 0 Å². The van der Waals surface area contributed by atoms with E-state index < -0.39 is 6.61 Å². The number of amides is 1. The number of para-hydroxylation sites is 1. The van der Waals surface area contributed by atoms with Gasteiger partial charge >= 0.3 is 6.61 Å². The molecule has 0 saturated heterocycles. The Kier molecular flexibility index (Phi) is 6.93. The molecule has 6 heteroatoms. The molecule has 0 saturated carbocycles. The first-order valence-corrected chi connectivity index (χ1v) is 6.52. The number of carbonyl (C=O) groups is 1. The summed E-state index contributed by atoms with van der Waals surface area (Å²) < 4.78 is 28.9. The van der Waals surface area contributed by atoms with Crippen molar-refractivity contribution in [1.29, 1.82) is 0 Å². The van der Waals surface area contributed by atoms with Crippen molar-refractivity contribution >= 4 is 5.91 Å². The lowest BCUT2D eigenvalue weighted by Gasteiger charge is -2.12. The molecule has 1 aromatic rings. The summed E-state index contributed by atoms with van der Waals surface area (Å²) in [5, 5.41) is 5.81. The summed E-state index contributed by atoms with van der Waals surface area (Å²) in [6.07, 6.45) is 0.343. The van der Waals surface area contributed by atoms with Crippen molar-refractivity contribution in [3.05, 3.63) is 29.8 Å². The third kappa shape index (κ3) is 6.47. The van der Waals surface area contributed by atoms with E-state index in [1.807, 2.05) is 13.8 Å². The van der Waals surface area contributed by atoms with E-state index in [-0.39, 0.29) is 17.7 Å². The van der Waals surface area contributed by atoms with Gasteiger partial charge in [-0.3, -0.25) is 4.79 Å². The van der Waals surface area contributed by atoms with Gasteiger partial charge in [0.25, 0.3) is 0 Å². The highest BCUT2D eigenvalue weighted by molar-refractivity contribution is 5.76. The SMILES string of the molecule is CC(C)NC(=O)CCNCc1ccccc1OC(F)F. The van der Waals surface area contributed by atoms with E-state index in [4.69, 9.17) is 0 Å². The average molecular weight is 286 g/mol. The van der Waals surface area contributed by atoms with Crippen LogP contribution in [0, 0.1) is 0 Å². The van der Waals surface area contributed by atoms with Crippen molar-refractivity contribution in [2.75, 3.05) is 6.54 Å². The second-order valence-electron chi connectivity index (χ2n) is 4.64. The van der Waals surface area contributed by atoms with Gasteiger partial charge in [-0.25, -0.2) is 0 Å². The van der Waals surface area contributed by atoms with Gasteiger partial charge in [0.2, 0.25) is 5.91 Å². The van der Waals surface area contributed by atoms with E-state index in [9.17, 15) is 13.6 Å². The smallest absolute Gasteiger partial charge is 0.387 e. The number of hydrogen-bond donors (Lipinski definition) is 2. The molecule has 0 bridgehead atoms. The fourth-order valence-electron chi connectivity index (χ4n) is 1.68. The Labute approximate surface area is 117 Å². The molecule has 0 aliphatic carbocycles. The van der Waals surface area contributed by atoms with Gasteiger partial charge in [0.1, 0.15) is 5.75 Å². The van der Waals surface area contributed by atoms with Crippen LogP contribution in [-0.2, 0) is 11.3 Å². The Morgan fingerprint density at radius 3 is 2.65 bits per heavy atom. The Balaban J connectivity index is 2.36. The zero-order valence-corrected chi connectivity index (χ0v) is 11.7. The van der Waals surface area contributed by atoms with Crippen LogP contribution in [0.2, 0.25) is 0 Å². The van der Waals surface area contributed by atoms with Gasteiger partial charge in [-0.05, 0) is 19.9 Å². The van der Waals surface area contributed by atoms with Crippen molar-refractivity contribution in [2.45, 2.75) is 39.5 Å². The Hall–Kier alpha value is -1.69. The minimum Gasteiger partial charge on any atom is -0.434 e. The molecule has 0 aliphatic heterocycles. The fraction of sp³-hybridized carbons (Fsp3) is 0.500. The zero-order valence-electron chi connectivity index (χ0n) is 11.7. The molecule has 0 heterocycles. The third-order valence-electron chi connectivity index (χ3n) is 2.48. The van der Waals surface area contributed by atoms with Gasteiger partial charge in [-0.1, -0.05) is 18.2 Å². The minimum absolute atomic E-state index is 0.0374. The van der Waals surface area contributed by atoms with E-state index in [0.29, 0.717) is 25.1 Å². The Morgan fingerprint density at radius 1 is 1.30 bits per heavy atom.